The van der Waals surface area contributed by atoms with Gasteiger partial charge in [0.25, 0.3) is 0 Å². The third kappa shape index (κ3) is 77.6. The maximum Gasteiger partial charge on any atom is 0.472 e. The number of aliphatic hydroxyl groups is 2. The number of allylic oxidation sites excluding steroid dienone is 30. The molecule has 5 unspecified atom stereocenters. The number of hydrogen-bond donors (Lipinski definition) is 4. The fourth-order valence-electron chi connectivity index (χ4n) is 9.79. The molecule has 0 saturated heterocycles. The predicted molar refractivity (Wildman–Crippen MR) is 426 cm³/mol. The summed E-state index contributed by atoms with van der Waals surface area (Å²) in [5.74, 6) is -1.70. The lowest BCUT2D eigenvalue weighted by Crippen LogP contribution is -2.30. The summed E-state index contributed by atoms with van der Waals surface area (Å²) in [5, 5.41) is 20.6. The Kier molecular flexibility index (Phi) is 72.3. The van der Waals surface area contributed by atoms with Crippen molar-refractivity contribution >= 4 is 33.6 Å². The summed E-state index contributed by atoms with van der Waals surface area (Å²) in [7, 11) is -9.83. The molecule has 0 aliphatic heterocycles. The van der Waals surface area contributed by atoms with E-state index < -0.39 is 91.5 Å². The van der Waals surface area contributed by atoms with Crippen LogP contribution in [-0.4, -0.2) is 95.9 Å². The third-order valence-electron chi connectivity index (χ3n) is 15.6. The van der Waals surface area contributed by atoms with Crippen LogP contribution in [0.5, 0.6) is 0 Å². The Hall–Kier alpha value is -5.35. The van der Waals surface area contributed by atoms with Crippen molar-refractivity contribution in [1.29, 1.82) is 0 Å². The van der Waals surface area contributed by atoms with Crippen LogP contribution >= 0.6 is 15.6 Å². The second kappa shape index (κ2) is 76.3. The lowest BCUT2D eigenvalue weighted by molar-refractivity contribution is -0.161. The summed E-state index contributed by atoms with van der Waals surface area (Å²) in [6.45, 7) is 2.21. The number of unbranched alkanes of at least 4 members (excludes halogenated alkanes) is 19. The minimum absolute atomic E-state index is 0.0353. The second-order valence-corrected chi connectivity index (χ2v) is 28.3. The van der Waals surface area contributed by atoms with Crippen LogP contribution in [0.15, 0.2) is 182 Å². The van der Waals surface area contributed by atoms with E-state index in [2.05, 4.69) is 185 Å². The summed E-state index contributed by atoms with van der Waals surface area (Å²) in [6, 6.07) is 0. The van der Waals surface area contributed by atoms with Gasteiger partial charge < -0.3 is 34.2 Å². The van der Waals surface area contributed by atoms with Crippen LogP contribution in [0.3, 0.4) is 0 Å². The Labute approximate surface area is 624 Å². The zero-order chi connectivity index (χ0) is 75.2. The first-order chi connectivity index (χ1) is 50.2. The third-order valence-corrected chi connectivity index (χ3v) is 17.5. The van der Waals surface area contributed by atoms with E-state index in [9.17, 15) is 43.5 Å². The summed E-state index contributed by atoms with van der Waals surface area (Å²) in [5.41, 5.74) is 0. The number of rotatable bonds is 72. The van der Waals surface area contributed by atoms with Gasteiger partial charge in [0.05, 0.1) is 26.4 Å². The molecule has 584 valence electrons. The molecule has 103 heavy (non-hydrogen) atoms. The van der Waals surface area contributed by atoms with E-state index in [0.717, 1.165) is 148 Å². The van der Waals surface area contributed by atoms with Gasteiger partial charge in [0.1, 0.15) is 25.4 Å². The van der Waals surface area contributed by atoms with E-state index >= 15 is 0 Å². The van der Waals surface area contributed by atoms with Gasteiger partial charge in [0.15, 0.2) is 6.10 Å². The maximum atomic E-state index is 12.9. The highest BCUT2D eigenvalue weighted by molar-refractivity contribution is 7.47. The number of phosphoric ester groups is 2. The molecule has 0 aromatic rings. The molecule has 0 saturated carbocycles. The highest BCUT2D eigenvalue weighted by Crippen LogP contribution is 2.45. The Morgan fingerprint density at radius 3 is 0.825 bits per heavy atom. The number of carbonyl (C=O) groups excluding carboxylic acids is 3. The van der Waals surface area contributed by atoms with Crippen molar-refractivity contribution in [3.05, 3.63) is 182 Å². The Morgan fingerprint density at radius 1 is 0.272 bits per heavy atom. The largest absolute Gasteiger partial charge is 0.472 e. The zero-order valence-electron chi connectivity index (χ0n) is 63.7. The summed E-state index contributed by atoms with van der Waals surface area (Å²) in [6.07, 6.45) is 98.3. The molecule has 0 amide bonds. The van der Waals surface area contributed by atoms with Crippen LogP contribution in [0.2, 0.25) is 0 Å². The number of aliphatic hydroxyl groups excluding tert-OH is 2. The maximum absolute atomic E-state index is 12.9. The minimum atomic E-state index is -4.96. The van der Waals surface area contributed by atoms with E-state index in [0.29, 0.717) is 25.7 Å². The van der Waals surface area contributed by atoms with Crippen molar-refractivity contribution in [2.75, 3.05) is 39.6 Å². The molecule has 5 atom stereocenters. The molecule has 0 fully saturated rings. The molecule has 0 aliphatic rings. The van der Waals surface area contributed by atoms with Crippen LogP contribution in [0, 0.1) is 0 Å². The van der Waals surface area contributed by atoms with Crippen LogP contribution in [0.1, 0.15) is 278 Å². The van der Waals surface area contributed by atoms with Gasteiger partial charge in [-0.3, -0.25) is 32.5 Å². The molecule has 0 heterocycles. The fourth-order valence-corrected chi connectivity index (χ4v) is 11.4. The van der Waals surface area contributed by atoms with Crippen LogP contribution in [0.4, 0.5) is 0 Å². The monoisotopic (exact) mass is 1480 g/mol. The van der Waals surface area contributed by atoms with Gasteiger partial charge in [-0.1, -0.05) is 299 Å². The van der Waals surface area contributed by atoms with E-state index in [1.807, 2.05) is 18.2 Å². The molecule has 4 N–H and O–H groups in total. The number of hydrogen-bond acceptors (Lipinski definition) is 14. The van der Waals surface area contributed by atoms with Crippen molar-refractivity contribution < 1.29 is 75.8 Å². The highest BCUT2D eigenvalue weighted by atomic mass is 31.2. The van der Waals surface area contributed by atoms with Crippen molar-refractivity contribution in [3.63, 3.8) is 0 Å². The van der Waals surface area contributed by atoms with Gasteiger partial charge >= 0.3 is 33.6 Å². The first-order valence-corrected chi connectivity index (χ1v) is 42.1. The zero-order valence-corrected chi connectivity index (χ0v) is 65.5. The van der Waals surface area contributed by atoms with Gasteiger partial charge in [-0.05, 0) is 141 Å². The molecular formula is C85H138O16P2. The average Bonchev–Trinajstić information content (AvgIpc) is 0.916. The SMILES string of the molecule is CC/C=C\C/C=C\C/C=C\C/C=C\C/C=C\C/C=C\CCCCCCCCCCCCCCCCC(=O)OCC(O)COP(=O)(O)OCC(O)COP(=O)(O)OCC(COC(=O)CC/C=C\C/C=C\C/C=C\C/C=C\C/C=C\C/C=C\CC)OC(=O)CCCCCCC/C=C\C/C=C\C/C=C\CC. The van der Waals surface area contributed by atoms with Gasteiger partial charge in [0, 0.05) is 19.3 Å². The Morgan fingerprint density at radius 2 is 0.505 bits per heavy atom. The van der Waals surface area contributed by atoms with Gasteiger partial charge in [-0.2, -0.15) is 0 Å². The molecule has 0 aliphatic carbocycles. The van der Waals surface area contributed by atoms with Crippen LogP contribution in [-0.2, 0) is 55.8 Å². The number of phosphoric acid groups is 2. The molecule has 0 bridgehead atoms. The van der Waals surface area contributed by atoms with E-state index in [4.69, 9.17) is 32.3 Å². The fraction of sp³-hybridized carbons (Fsp3) is 0.612. The van der Waals surface area contributed by atoms with Gasteiger partial charge in [-0.15, -0.1) is 0 Å². The van der Waals surface area contributed by atoms with Crippen molar-refractivity contribution in [3.8, 4) is 0 Å². The molecule has 18 heteroatoms. The molecule has 0 radical (unpaired) electrons. The molecule has 0 aromatic heterocycles. The van der Waals surface area contributed by atoms with E-state index in [-0.39, 0.29) is 19.3 Å². The van der Waals surface area contributed by atoms with Crippen molar-refractivity contribution in [2.45, 2.75) is 296 Å². The molecular weight excluding hydrogens is 1340 g/mol. The lowest BCUT2D eigenvalue weighted by Gasteiger charge is -2.21. The van der Waals surface area contributed by atoms with Crippen molar-refractivity contribution in [1.82, 2.24) is 0 Å². The van der Waals surface area contributed by atoms with E-state index in [1.54, 1.807) is 0 Å². The summed E-state index contributed by atoms with van der Waals surface area (Å²) >= 11 is 0. The summed E-state index contributed by atoms with van der Waals surface area (Å²) in [4.78, 5) is 58.5. The predicted octanol–water partition coefficient (Wildman–Crippen LogP) is 23.0. The quantitative estimate of drug-likeness (QED) is 0.0146. The summed E-state index contributed by atoms with van der Waals surface area (Å²) < 4.78 is 61.0. The van der Waals surface area contributed by atoms with Crippen molar-refractivity contribution in [2.24, 2.45) is 0 Å². The molecule has 0 aromatic carbocycles. The first kappa shape index (κ1) is 97.7. The molecule has 0 rings (SSSR count). The standard InChI is InChI=1S/C85H138O16P2/c1-4-7-10-13-16-19-22-25-28-30-32-33-34-35-36-37-38-39-40-41-42-43-44-45-47-49-51-53-56-59-62-65-68-71-83(88)95-74-80(86)75-97-102(91,92)98-76-81(87)77-99-103(93,94)100-79-82(101-85(90)73-70-67-64-61-58-55-50-27-24-21-18-15-12-9-6-3)78-96-84(89)72-69-66-63-60-57-54-52-48-46-31-29-26-23-20-17-14-11-8-5-2/h7-12,16-21,25-29,32-33,35-36,38-39,46,48,50,54,57,63,66,80-82,86-87H,4-6,13-15,22-24,30-31,34,37,40-45,47,49,51-53,55-56,58-62,64-65,67-79H2,1-3H3,(H,91,92)(H,93,94)/b10-7-,11-8-,12-9-,19-16-,20-17-,21-18-,28-25-,29-26-,33-32-,36-35-,39-38-,48-46-,50-27-,57-54-,66-63-. The van der Waals surface area contributed by atoms with Gasteiger partial charge in [-0.25, -0.2) is 9.13 Å². The van der Waals surface area contributed by atoms with Gasteiger partial charge in [0.2, 0.25) is 0 Å². The van der Waals surface area contributed by atoms with Crippen LogP contribution in [0.25, 0.3) is 0 Å². The topological polar surface area (TPSA) is 231 Å². The lowest BCUT2D eigenvalue weighted by atomic mass is 10.0. The number of carbonyl (C=O) groups is 3. The average molecular weight is 1480 g/mol. The second-order valence-electron chi connectivity index (χ2n) is 25.4. The number of esters is 3. The normalized spacial score (nSPS) is 15.0. The Bertz CT molecular complexity index is 2600. The molecule has 16 nitrogen and oxygen atoms in total. The number of ether oxygens (including phenoxy) is 3. The first-order valence-electron chi connectivity index (χ1n) is 39.1. The van der Waals surface area contributed by atoms with E-state index in [1.165, 1.54) is 64.2 Å². The Balaban J connectivity index is 4.52. The minimum Gasteiger partial charge on any atom is -0.463 e. The van der Waals surface area contributed by atoms with Crippen LogP contribution < -0.4 is 0 Å². The molecule has 0 spiro atoms. The highest BCUT2D eigenvalue weighted by Gasteiger charge is 2.29. The smallest absolute Gasteiger partial charge is 0.463 e.